The van der Waals surface area contributed by atoms with Gasteiger partial charge in [0.1, 0.15) is 5.75 Å². The molecule has 1 heterocycles. The standard InChI is InChI=1S/C12H17NO3/c1-15-11-6-10(14)12(16-2)5-9(11)8-3-4-13-7-8/h5-6,8,13-14H,3-4,7H2,1-2H3. The van der Waals surface area contributed by atoms with E-state index in [9.17, 15) is 5.11 Å². The molecular formula is C12H17NO3. The van der Waals surface area contributed by atoms with Crippen LogP contribution in [0.4, 0.5) is 0 Å². The van der Waals surface area contributed by atoms with Gasteiger partial charge in [0.05, 0.1) is 14.2 Å². The average molecular weight is 223 g/mol. The molecule has 4 nitrogen and oxygen atoms in total. The number of aromatic hydroxyl groups is 1. The van der Waals surface area contributed by atoms with E-state index in [2.05, 4.69) is 5.32 Å². The number of hydrogen-bond acceptors (Lipinski definition) is 4. The normalized spacial score (nSPS) is 19.8. The lowest BCUT2D eigenvalue weighted by Gasteiger charge is -2.16. The molecule has 1 aliphatic rings. The predicted molar refractivity (Wildman–Crippen MR) is 61.4 cm³/mol. The number of rotatable bonds is 3. The van der Waals surface area contributed by atoms with Gasteiger partial charge < -0.3 is 19.9 Å². The molecule has 1 atom stereocenters. The maximum atomic E-state index is 9.67. The highest BCUT2D eigenvalue weighted by Gasteiger charge is 2.22. The van der Waals surface area contributed by atoms with Crippen molar-refractivity contribution in [1.82, 2.24) is 5.32 Å². The summed E-state index contributed by atoms with van der Waals surface area (Å²) in [7, 11) is 3.17. The Morgan fingerprint density at radius 2 is 2.00 bits per heavy atom. The number of phenolic OH excluding ortho intramolecular Hbond substituents is 1. The fraction of sp³-hybridized carbons (Fsp3) is 0.500. The number of nitrogens with one attached hydrogen (secondary N) is 1. The van der Waals surface area contributed by atoms with Crippen LogP contribution in [0.25, 0.3) is 0 Å². The highest BCUT2D eigenvalue weighted by molar-refractivity contribution is 5.51. The van der Waals surface area contributed by atoms with Gasteiger partial charge in [-0.2, -0.15) is 0 Å². The van der Waals surface area contributed by atoms with Crippen molar-refractivity contribution in [2.75, 3.05) is 27.3 Å². The van der Waals surface area contributed by atoms with Crippen molar-refractivity contribution in [3.05, 3.63) is 17.7 Å². The lowest BCUT2D eigenvalue weighted by Crippen LogP contribution is -2.08. The second kappa shape index (κ2) is 4.61. The minimum Gasteiger partial charge on any atom is -0.504 e. The Labute approximate surface area is 95.2 Å². The molecule has 0 saturated carbocycles. The number of methoxy groups -OCH3 is 2. The third-order valence-corrected chi connectivity index (χ3v) is 3.03. The molecule has 0 bridgehead atoms. The van der Waals surface area contributed by atoms with Crippen LogP contribution in [-0.4, -0.2) is 32.4 Å². The van der Waals surface area contributed by atoms with E-state index in [1.807, 2.05) is 6.07 Å². The average Bonchev–Trinajstić information content (AvgIpc) is 2.82. The van der Waals surface area contributed by atoms with Crippen molar-refractivity contribution in [3.8, 4) is 17.2 Å². The van der Waals surface area contributed by atoms with Crippen molar-refractivity contribution in [2.45, 2.75) is 12.3 Å². The molecule has 1 aliphatic heterocycles. The van der Waals surface area contributed by atoms with Gasteiger partial charge in [-0.15, -0.1) is 0 Å². The Bertz CT molecular complexity index is 373. The lowest BCUT2D eigenvalue weighted by atomic mass is 9.97. The highest BCUT2D eigenvalue weighted by atomic mass is 16.5. The molecule has 88 valence electrons. The monoisotopic (exact) mass is 223 g/mol. The molecule has 1 aromatic rings. The number of phenols is 1. The third-order valence-electron chi connectivity index (χ3n) is 3.03. The molecule has 1 saturated heterocycles. The number of hydrogen-bond donors (Lipinski definition) is 2. The maximum Gasteiger partial charge on any atom is 0.161 e. The second-order valence-electron chi connectivity index (χ2n) is 3.96. The van der Waals surface area contributed by atoms with Crippen LogP contribution in [0, 0.1) is 0 Å². The van der Waals surface area contributed by atoms with E-state index in [4.69, 9.17) is 9.47 Å². The molecule has 1 unspecified atom stereocenters. The zero-order valence-electron chi connectivity index (χ0n) is 9.62. The van der Waals surface area contributed by atoms with Crippen LogP contribution in [0.2, 0.25) is 0 Å². The van der Waals surface area contributed by atoms with E-state index in [0.717, 1.165) is 30.8 Å². The minimum absolute atomic E-state index is 0.119. The van der Waals surface area contributed by atoms with Gasteiger partial charge in [0.2, 0.25) is 0 Å². The first kappa shape index (κ1) is 11.1. The summed E-state index contributed by atoms with van der Waals surface area (Å²) in [5.41, 5.74) is 1.10. The van der Waals surface area contributed by atoms with Gasteiger partial charge in [-0.25, -0.2) is 0 Å². The summed E-state index contributed by atoms with van der Waals surface area (Å²) in [4.78, 5) is 0. The van der Waals surface area contributed by atoms with Crippen LogP contribution < -0.4 is 14.8 Å². The topological polar surface area (TPSA) is 50.7 Å². The van der Waals surface area contributed by atoms with Crippen LogP contribution in [0.3, 0.4) is 0 Å². The van der Waals surface area contributed by atoms with E-state index in [0.29, 0.717) is 11.7 Å². The first-order chi connectivity index (χ1) is 7.76. The summed E-state index contributed by atoms with van der Waals surface area (Å²) in [5.74, 6) is 1.79. The Balaban J connectivity index is 2.40. The van der Waals surface area contributed by atoms with Gasteiger partial charge in [0.15, 0.2) is 11.5 Å². The van der Waals surface area contributed by atoms with Crippen molar-refractivity contribution in [1.29, 1.82) is 0 Å². The van der Waals surface area contributed by atoms with E-state index in [1.54, 1.807) is 20.3 Å². The molecule has 1 fully saturated rings. The fourth-order valence-corrected chi connectivity index (χ4v) is 2.14. The molecule has 0 spiro atoms. The smallest absolute Gasteiger partial charge is 0.161 e. The third kappa shape index (κ3) is 1.93. The summed E-state index contributed by atoms with van der Waals surface area (Å²) >= 11 is 0. The second-order valence-corrected chi connectivity index (χ2v) is 3.96. The first-order valence-electron chi connectivity index (χ1n) is 5.42. The summed E-state index contributed by atoms with van der Waals surface area (Å²) in [5, 5.41) is 13.0. The fourth-order valence-electron chi connectivity index (χ4n) is 2.14. The van der Waals surface area contributed by atoms with Crippen molar-refractivity contribution < 1.29 is 14.6 Å². The highest BCUT2D eigenvalue weighted by Crippen LogP contribution is 2.39. The summed E-state index contributed by atoms with van der Waals surface area (Å²) < 4.78 is 10.4. The summed E-state index contributed by atoms with van der Waals surface area (Å²) in [6.07, 6.45) is 1.09. The Morgan fingerprint density at radius 3 is 2.56 bits per heavy atom. The zero-order valence-corrected chi connectivity index (χ0v) is 9.62. The van der Waals surface area contributed by atoms with E-state index >= 15 is 0 Å². The van der Waals surface area contributed by atoms with Crippen molar-refractivity contribution in [3.63, 3.8) is 0 Å². The Hall–Kier alpha value is -1.42. The Kier molecular flexibility index (Phi) is 3.19. The van der Waals surface area contributed by atoms with Gasteiger partial charge in [-0.3, -0.25) is 0 Å². The van der Waals surface area contributed by atoms with E-state index < -0.39 is 0 Å². The van der Waals surface area contributed by atoms with Crippen molar-refractivity contribution in [2.24, 2.45) is 0 Å². The Morgan fingerprint density at radius 1 is 1.25 bits per heavy atom. The lowest BCUT2D eigenvalue weighted by molar-refractivity contribution is 0.362. The van der Waals surface area contributed by atoms with Crippen LogP contribution in [0.1, 0.15) is 17.9 Å². The molecule has 16 heavy (non-hydrogen) atoms. The molecule has 2 rings (SSSR count). The van der Waals surface area contributed by atoms with Crippen LogP contribution in [0.15, 0.2) is 12.1 Å². The molecule has 1 aromatic carbocycles. The molecule has 0 amide bonds. The van der Waals surface area contributed by atoms with Gasteiger partial charge in [0, 0.05) is 24.1 Å². The largest absolute Gasteiger partial charge is 0.504 e. The van der Waals surface area contributed by atoms with Crippen LogP contribution in [-0.2, 0) is 0 Å². The molecule has 0 aromatic heterocycles. The predicted octanol–water partition coefficient (Wildman–Crippen LogP) is 1.49. The summed E-state index contributed by atoms with van der Waals surface area (Å²) in [6.45, 7) is 1.97. The quantitative estimate of drug-likeness (QED) is 0.815. The van der Waals surface area contributed by atoms with Gasteiger partial charge >= 0.3 is 0 Å². The van der Waals surface area contributed by atoms with Gasteiger partial charge in [-0.05, 0) is 19.0 Å². The zero-order chi connectivity index (χ0) is 11.5. The van der Waals surface area contributed by atoms with E-state index in [1.165, 1.54) is 0 Å². The minimum atomic E-state index is 0.119. The SMILES string of the molecule is COc1cc(C2CCNC2)c(OC)cc1O. The molecule has 0 aliphatic carbocycles. The van der Waals surface area contributed by atoms with Crippen LogP contribution >= 0.6 is 0 Å². The molecular weight excluding hydrogens is 206 g/mol. The molecule has 2 N–H and O–H groups in total. The van der Waals surface area contributed by atoms with Crippen molar-refractivity contribution >= 4 is 0 Å². The molecule has 0 radical (unpaired) electrons. The number of ether oxygens (including phenoxy) is 2. The van der Waals surface area contributed by atoms with Gasteiger partial charge in [0.25, 0.3) is 0 Å². The molecule has 4 heteroatoms. The number of benzene rings is 1. The summed E-state index contributed by atoms with van der Waals surface area (Å²) in [6, 6.07) is 3.48. The van der Waals surface area contributed by atoms with E-state index in [-0.39, 0.29) is 5.75 Å². The van der Waals surface area contributed by atoms with Gasteiger partial charge in [-0.1, -0.05) is 0 Å². The first-order valence-corrected chi connectivity index (χ1v) is 5.42. The van der Waals surface area contributed by atoms with Crippen LogP contribution in [0.5, 0.6) is 17.2 Å². The maximum absolute atomic E-state index is 9.67.